The minimum atomic E-state index is -0.191. The molecular formula is C13H14N2O2. The Morgan fingerprint density at radius 3 is 2.65 bits per heavy atom. The third-order valence-corrected chi connectivity index (χ3v) is 2.40. The van der Waals surface area contributed by atoms with Crippen LogP contribution in [0.15, 0.2) is 41.1 Å². The number of hydrogen-bond donors (Lipinski definition) is 1. The molecular weight excluding hydrogens is 216 g/mol. The molecule has 17 heavy (non-hydrogen) atoms. The maximum absolute atomic E-state index is 11.9. The summed E-state index contributed by atoms with van der Waals surface area (Å²) in [6.45, 7) is 3.99. The number of amides is 1. The van der Waals surface area contributed by atoms with Gasteiger partial charge >= 0.3 is 0 Å². The zero-order chi connectivity index (χ0) is 12.3. The van der Waals surface area contributed by atoms with Gasteiger partial charge in [-0.05, 0) is 12.1 Å². The molecule has 1 aromatic heterocycles. The van der Waals surface area contributed by atoms with Crippen molar-refractivity contribution < 1.29 is 9.21 Å². The number of aromatic nitrogens is 1. The lowest BCUT2D eigenvalue weighted by atomic mass is 10.1. The van der Waals surface area contributed by atoms with Gasteiger partial charge in [0.1, 0.15) is 5.69 Å². The molecule has 0 atom stereocenters. The lowest BCUT2D eigenvalue weighted by molar-refractivity contribution is 0.102. The molecule has 0 unspecified atom stereocenters. The number of hydrogen-bond acceptors (Lipinski definition) is 3. The van der Waals surface area contributed by atoms with Crippen molar-refractivity contribution in [3.63, 3.8) is 0 Å². The Kier molecular flexibility index (Phi) is 3.23. The van der Waals surface area contributed by atoms with Gasteiger partial charge in [-0.25, -0.2) is 4.98 Å². The summed E-state index contributed by atoms with van der Waals surface area (Å²) in [5.41, 5.74) is 1.35. The minimum absolute atomic E-state index is 0.191. The van der Waals surface area contributed by atoms with Crippen molar-refractivity contribution in [1.82, 2.24) is 4.98 Å². The maximum atomic E-state index is 11.9. The molecule has 0 fully saturated rings. The Labute approximate surface area is 99.7 Å². The normalized spacial score (nSPS) is 10.5. The zero-order valence-corrected chi connectivity index (χ0v) is 9.81. The van der Waals surface area contributed by atoms with Gasteiger partial charge in [0.2, 0.25) is 5.88 Å². The van der Waals surface area contributed by atoms with E-state index in [0.29, 0.717) is 11.4 Å². The maximum Gasteiger partial charge on any atom is 0.258 e. The molecule has 0 saturated carbocycles. The Morgan fingerprint density at radius 1 is 1.29 bits per heavy atom. The molecule has 2 rings (SSSR count). The predicted molar refractivity (Wildman–Crippen MR) is 65.0 cm³/mol. The van der Waals surface area contributed by atoms with Crippen LogP contribution in [0, 0.1) is 0 Å². The zero-order valence-electron chi connectivity index (χ0n) is 9.81. The summed E-state index contributed by atoms with van der Waals surface area (Å²) in [6, 6.07) is 9.00. The molecule has 0 radical (unpaired) electrons. The van der Waals surface area contributed by atoms with Gasteiger partial charge in [-0.2, -0.15) is 0 Å². The molecule has 1 N–H and O–H groups in total. The van der Waals surface area contributed by atoms with Crippen molar-refractivity contribution in [3.05, 3.63) is 48.0 Å². The van der Waals surface area contributed by atoms with Gasteiger partial charge in [-0.15, -0.1) is 0 Å². The summed E-state index contributed by atoms with van der Waals surface area (Å²) in [5, 5.41) is 2.72. The second kappa shape index (κ2) is 4.82. The van der Waals surface area contributed by atoms with Crippen molar-refractivity contribution in [3.8, 4) is 0 Å². The smallest absolute Gasteiger partial charge is 0.258 e. The van der Waals surface area contributed by atoms with E-state index in [1.54, 1.807) is 12.1 Å². The molecule has 88 valence electrons. The SMILES string of the molecule is CC(C)c1ncoc1NC(=O)c1ccccc1. The molecule has 1 heterocycles. The van der Waals surface area contributed by atoms with Crippen LogP contribution in [0.2, 0.25) is 0 Å². The van der Waals surface area contributed by atoms with Gasteiger partial charge in [0.05, 0.1) is 0 Å². The van der Waals surface area contributed by atoms with E-state index in [4.69, 9.17) is 4.42 Å². The number of rotatable bonds is 3. The molecule has 0 aliphatic rings. The number of nitrogens with zero attached hydrogens (tertiary/aromatic N) is 1. The largest absolute Gasteiger partial charge is 0.427 e. The fraction of sp³-hybridized carbons (Fsp3) is 0.231. The number of benzene rings is 1. The lowest BCUT2D eigenvalue weighted by Crippen LogP contribution is -2.12. The van der Waals surface area contributed by atoms with Crippen LogP contribution in [0.4, 0.5) is 5.88 Å². The van der Waals surface area contributed by atoms with E-state index in [1.807, 2.05) is 32.0 Å². The minimum Gasteiger partial charge on any atom is -0.427 e. The van der Waals surface area contributed by atoms with Crippen molar-refractivity contribution in [1.29, 1.82) is 0 Å². The summed E-state index contributed by atoms with van der Waals surface area (Å²) >= 11 is 0. The molecule has 1 amide bonds. The summed E-state index contributed by atoms with van der Waals surface area (Å²) in [6.07, 6.45) is 1.34. The van der Waals surface area contributed by atoms with Crippen LogP contribution >= 0.6 is 0 Å². The third-order valence-electron chi connectivity index (χ3n) is 2.40. The Morgan fingerprint density at radius 2 is 2.00 bits per heavy atom. The van der Waals surface area contributed by atoms with Gasteiger partial charge in [-0.3, -0.25) is 10.1 Å². The topological polar surface area (TPSA) is 55.1 Å². The highest BCUT2D eigenvalue weighted by molar-refractivity contribution is 6.03. The van der Waals surface area contributed by atoms with Gasteiger partial charge in [0.15, 0.2) is 6.39 Å². The number of carbonyl (C=O) groups is 1. The van der Waals surface area contributed by atoms with Crippen molar-refractivity contribution in [2.24, 2.45) is 0 Å². The Bertz CT molecular complexity index is 503. The summed E-state index contributed by atoms with van der Waals surface area (Å²) in [5.74, 6) is 0.443. The van der Waals surface area contributed by atoms with E-state index in [9.17, 15) is 4.79 Å². The van der Waals surface area contributed by atoms with Gasteiger partial charge < -0.3 is 4.42 Å². The molecule has 0 spiro atoms. The van der Waals surface area contributed by atoms with Crippen molar-refractivity contribution in [2.45, 2.75) is 19.8 Å². The van der Waals surface area contributed by atoms with E-state index in [-0.39, 0.29) is 11.8 Å². The third kappa shape index (κ3) is 2.53. The number of oxazole rings is 1. The first-order chi connectivity index (χ1) is 8.18. The highest BCUT2D eigenvalue weighted by atomic mass is 16.4. The van der Waals surface area contributed by atoms with E-state index >= 15 is 0 Å². The second-order valence-corrected chi connectivity index (χ2v) is 4.04. The average molecular weight is 230 g/mol. The molecule has 1 aromatic carbocycles. The van der Waals surface area contributed by atoms with Gasteiger partial charge in [0.25, 0.3) is 5.91 Å². The molecule has 4 nitrogen and oxygen atoms in total. The van der Waals surface area contributed by atoms with Crippen LogP contribution in [0.5, 0.6) is 0 Å². The fourth-order valence-corrected chi connectivity index (χ4v) is 1.52. The monoisotopic (exact) mass is 230 g/mol. The van der Waals surface area contributed by atoms with Gasteiger partial charge in [0, 0.05) is 11.5 Å². The van der Waals surface area contributed by atoms with Crippen LogP contribution in [-0.2, 0) is 0 Å². The van der Waals surface area contributed by atoms with E-state index in [0.717, 1.165) is 5.69 Å². The number of nitrogens with one attached hydrogen (secondary N) is 1. The van der Waals surface area contributed by atoms with E-state index < -0.39 is 0 Å². The van der Waals surface area contributed by atoms with Crippen LogP contribution in [-0.4, -0.2) is 10.9 Å². The predicted octanol–water partition coefficient (Wildman–Crippen LogP) is 3.05. The molecule has 0 aliphatic heterocycles. The Hall–Kier alpha value is -2.10. The fourth-order valence-electron chi connectivity index (χ4n) is 1.52. The standard InChI is InChI=1S/C13H14N2O2/c1-9(2)11-13(17-8-14-11)15-12(16)10-6-4-3-5-7-10/h3-9H,1-2H3,(H,15,16). The molecule has 4 heteroatoms. The molecule has 2 aromatic rings. The Balaban J connectivity index is 2.16. The van der Waals surface area contributed by atoms with Crippen molar-refractivity contribution >= 4 is 11.8 Å². The summed E-state index contributed by atoms with van der Waals surface area (Å²) in [4.78, 5) is 16.0. The molecule has 0 aliphatic carbocycles. The average Bonchev–Trinajstić information content (AvgIpc) is 2.78. The molecule has 0 bridgehead atoms. The number of carbonyl (C=O) groups excluding carboxylic acids is 1. The lowest BCUT2D eigenvalue weighted by Gasteiger charge is -2.05. The first-order valence-electron chi connectivity index (χ1n) is 5.48. The number of anilines is 1. The summed E-state index contributed by atoms with van der Waals surface area (Å²) in [7, 11) is 0. The van der Waals surface area contributed by atoms with E-state index in [2.05, 4.69) is 10.3 Å². The van der Waals surface area contributed by atoms with Gasteiger partial charge in [-0.1, -0.05) is 32.0 Å². The van der Waals surface area contributed by atoms with Crippen LogP contribution in [0.3, 0.4) is 0 Å². The molecule has 0 saturated heterocycles. The first kappa shape index (κ1) is 11.4. The highest BCUT2D eigenvalue weighted by Gasteiger charge is 2.15. The van der Waals surface area contributed by atoms with Crippen LogP contribution in [0.1, 0.15) is 35.8 Å². The first-order valence-corrected chi connectivity index (χ1v) is 5.48. The van der Waals surface area contributed by atoms with Crippen molar-refractivity contribution in [2.75, 3.05) is 5.32 Å². The van der Waals surface area contributed by atoms with Crippen LogP contribution in [0.25, 0.3) is 0 Å². The highest BCUT2D eigenvalue weighted by Crippen LogP contribution is 2.22. The summed E-state index contributed by atoms with van der Waals surface area (Å²) < 4.78 is 5.18. The van der Waals surface area contributed by atoms with Crippen LogP contribution < -0.4 is 5.32 Å². The quantitative estimate of drug-likeness (QED) is 0.881. The van der Waals surface area contributed by atoms with E-state index in [1.165, 1.54) is 6.39 Å². The second-order valence-electron chi connectivity index (χ2n) is 4.04.